The monoisotopic (exact) mass is 306 g/mol. The summed E-state index contributed by atoms with van der Waals surface area (Å²) >= 11 is 1.56. The lowest BCUT2D eigenvalue weighted by Gasteiger charge is -2.21. The van der Waals surface area contributed by atoms with Crippen LogP contribution in [0.5, 0.6) is 0 Å². The fourth-order valence-corrected chi connectivity index (χ4v) is 3.06. The van der Waals surface area contributed by atoms with Crippen molar-refractivity contribution in [2.24, 2.45) is 0 Å². The zero-order chi connectivity index (χ0) is 15.8. The quantitative estimate of drug-likeness (QED) is 0.948. The second kappa shape index (κ2) is 5.60. The number of nitrogens with zero attached hydrogens (tertiary/aromatic N) is 3. The molecule has 0 aliphatic carbocycles. The fourth-order valence-electron chi connectivity index (χ4n) is 2.35. The lowest BCUT2D eigenvalue weighted by molar-refractivity contribution is 0.0949. The van der Waals surface area contributed by atoms with Crippen LogP contribution in [0.1, 0.15) is 53.2 Å². The molecule has 6 heteroatoms. The van der Waals surface area contributed by atoms with Gasteiger partial charge in [0.1, 0.15) is 5.01 Å². The summed E-state index contributed by atoms with van der Waals surface area (Å²) in [5, 5.41) is 10.3. The number of thiazole rings is 1. The van der Waals surface area contributed by atoms with Crippen LogP contribution in [0, 0.1) is 20.8 Å². The first kappa shape index (κ1) is 15.7. The summed E-state index contributed by atoms with van der Waals surface area (Å²) in [4.78, 5) is 16.8. The van der Waals surface area contributed by atoms with Gasteiger partial charge in [0.2, 0.25) is 0 Å². The molecule has 0 atom stereocenters. The van der Waals surface area contributed by atoms with Gasteiger partial charge in [-0.25, -0.2) is 4.98 Å². The molecule has 0 aromatic carbocycles. The third-order valence-corrected chi connectivity index (χ3v) is 4.19. The highest BCUT2D eigenvalue weighted by Crippen LogP contribution is 2.21. The summed E-state index contributed by atoms with van der Waals surface area (Å²) in [5.41, 5.74) is 3.17. The fraction of sp³-hybridized carbons (Fsp3) is 0.533. The van der Waals surface area contributed by atoms with Crippen LogP contribution in [-0.4, -0.2) is 20.7 Å². The molecular formula is C15H22N4OS. The Morgan fingerprint density at radius 2 is 2.00 bits per heavy atom. The number of hydrogen-bond acceptors (Lipinski definition) is 4. The number of carbonyl (C=O) groups is 1. The van der Waals surface area contributed by atoms with Crippen molar-refractivity contribution in [3.63, 3.8) is 0 Å². The molecule has 2 rings (SSSR count). The van der Waals surface area contributed by atoms with E-state index in [1.165, 1.54) is 0 Å². The largest absolute Gasteiger partial charge is 0.345 e. The number of hydrogen-bond donors (Lipinski definition) is 1. The molecular weight excluding hydrogens is 284 g/mol. The highest BCUT2D eigenvalue weighted by molar-refractivity contribution is 7.09. The molecule has 0 aliphatic rings. The van der Waals surface area contributed by atoms with Gasteiger partial charge in [-0.05, 0) is 41.5 Å². The molecule has 114 valence electrons. The van der Waals surface area contributed by atoms with Crippen molar-refractivity contribution < 1.29 is 4.79 Å². The minimum atomic E-state index is -0.139. The first-order valence-electron chi connectivity index (χ1n) is 6.96. The topological polar surface area (TPSA) is 59.8 Å². The molecule has 0 fully saturated rings. The third-order valence-electron chi connectivity index (χ3n) is 3.22. The van der Waals surface area contributed by atoms with Crippen LogP contribution in [0.2, 0.25) is 0 Å². The number of amides is 1. The van der Waals surface area contributed by atoms with Gasteiger partial charge in [-0.1, -0.05) is 0 Å². The van der Waals surface area contributed by atoms with Gasteiger partial charge in [-0.2, -0.15) is 5.10 Å². The van der Waals surface area contributed by atoms with Crippen LogP contribution in [-0.2, 0) is 12.1 Å². The standard InChI is InChI=1S/C15H22N4OS/c1-9-8-21-12(17-9)7-16-14(20)13-10(2)18-19(11(13)3)15(4,5)6/h8H,7H2,1-6H3,(H,16,20). The normalized spacial score (nSPS) is 11.7. The molecule has 1 N–H and O–H groups in total. The van der Waals surface area contributed by atoms with E-state index in [9.17, 15) is 4.79 Å². The Balaban J connectivity index is 2.18. The number of rotatable bonds is 3. The Kier molecular flexibility index (Phi) is 4.18. The molecule has 0 aliphatic heterocycles. The van der Waals surface area contributed by atoms with E-state index in [0.29, 0.717) is 12.1 Å². The molecule has 2 aromatic rings. The average molecular weight is 306 g/mol. The molecule has 0 spiro atoms. The van der Waals surface area contributed by atoms with E-state index in [1.54, 1.807) is 11.3 Å². The Morgan fingerprint density at radius 3 is 2.48 bits per heavy atom. The summed E-state index contributed by atoms with van der Waals surface area (Å²) in [6.07, 6.45) is 0. The van der Waals surface area contributed by atoms with Gasteiger partial charge in [-0.15, -0.1) is 11.3 Å². The van der Waals surface area contributed by atoms with Crippen molar-refractivity contribution in [1.82, 2.24) is 20.1 Å². The van der Waals surface area contributed by atoms with Crippen molar-refractivity contribution in [3.8, 4) is 0 Å². The van der Waals surface area contributed by atoms with Gasteiger partial charge < -0.3 is 5.32 Å². The molecule has 0 saturated carbocycles. The van der Waals surface area contributed by atoms with Gasteiger partial charge in [0.25, 0.3) is 5.91 Å². The summed E-state index contributed by atoms with van der Waals surface area (Å²) in [7, 11) is 0. The Hall–Kier alpha value is -1.69. The van der Waals surface area contributed by atoms with Crippen LogP contribution in [0.4, 0.5) is 0 Å². The third kappa shape index (κ3) is 3.32. The van der Waals surface area contributed by atoms with Gasteiger partial charge in [0, 0.05) is 16.8 Å². The van der Waals surface area contributed by atoms with Gasteiger partial charge in [0.05, 0.1) is 23.3 Å². The summed E-state index contributed by atoms with van der Waals surface area (Å²) < 4.78 is 1.91. The number of aromatic nitrogens is 3. The predicted molar refractivity (Wildman–Crippen MR) is 84.7 cm³/mol. The van der Waals surface area contributed by atoms with Crippen LogP contribution in [0.3, 0.4) is 0 Å². The number of carbonyl (C=O) groups excluding carboxylic acids is 1. The Labute approximate surface area is 129 Å². The molecule has 5 nitrogen and oxygen atoms in total. The summed E-state index contributed by atoms with van der Waals surface area (Å²) in [6.45, 7) is 12.4. The minimum Gasteiger partial charge on any atom is -0.345 e. The lowest BCUT2D eigenvalue weighted by atomic mass is 10.1. The summed E-state index contributed by atoms with van der Waals surface area (Å²) in [6, 6.07) is 0. The van der Waals surface area contributed by atoms with Gasteiger partial charge >= 0.3 is 0 Å². The van der Waals surface area contributed by atoms with E-state index in [1.807, 2.05) is 30.8 Å². The molecule has 21 heavy (non-hydrogen) atoms. The van der Waals surface area contributed by atoms with E-state index < -0.39 is 0 Å². The van der Waals surface area contributed by atoms with E-state index >= 15 is 0 Å². The molecule has 0 bridgehead atoms. The van der Waals surface area contributed by atoms with Gasteiger partial charge in [0.15, 0.2) is 0 Å². The van der Waals surface area contributed by atoms with E-state index in [2.05, 4.69) is 36.2 Å². The van der Waals surface area contributed by atoms with Gasteiger partial charge in [-0.3, -0.25) is 9.48 Å². The minimum absolute atomic E-state index is 0.0895. The Bertz CT molecular complexity index is 664. The van der Waals surface area contributed by atoms with Crippen molar-refractivity contribution in [1.29, 1.82) is 0 Å². The zero-order valence-electron chi connectivity index (χ0n) is 13.4. The van der Waals surface area contributed by atoms with Crippen LogP contribution in [0.25, 0.3) is 0 Å². The van der Waals surface area contributed by atoms with E-state index in [0.717, 1.165) is 22.1 Å². The second-order valence-corrected chi connectivity index (χ2v) is 7.14. The number of aryl methyl sites for hydroxylation is 2. The summed E-state index contributed by atoms with van der Waals surface area (Å²) in [5.74, 6) is -0.0895. The Morgan fingerprint density at radius 1 is 1.33 bits per heavy atom. The van der Waals surface area contributed by atoms with Crippen LogP contribution < -0.4 is 5.32 Å². The molecule has 1 amide bonds. The highest BCUT2D eigenvalue weighted by Gasteiger charge is 2.24. The van der Waals surface area contributed by atoms with E-state index in [4.69, 9.17) is 0 Å². The number of nitrogens with one attached hydrogen (secondary N) is 1. The second-order valence-electron chi connectivity index (χ2n) is 6.19. The maximum Gasteiger partial charge on any atom is 0.255 e. The maximum absolute atomic E-state index is 12.4. The highest BCUT2D eigenvalue weighted by atomic mass is 32.1. The smallest absolute Gasteiger partial charge is 0.255 e. The predicted octanol–water partition coefficient (Wildman–Crippen LogP) is 2.95. The van der Waals surface area contributed by atoms with Crippen molar-refractivity contribution in [2.75, 3.05) is 0 Å². The first-order chi connectivity index (χ1) is 9.70. The molecule has 0 unspecified atom stereocenters. The van der Waals surface area contributed by atoms with Crippen LogP contribution >= 0.6 is 11.3 Å². The lowest BCUT2D eigenvalue weighted by Crippen LogP contribution is -2.26. The zero-order valence-corrected chi connectivity index (χ0v) is 14.3. The molecule has 2 heterocycles. The molecule has 2 aromatic heterocycles. The first-order valence-corrected chi connectivity index (χ1v) is 7.84. The molecule has 0 saturated heterocycles. The van der Waals surface area contributed by atoms with Crippen molar-refractivity contribution in [3.05, 3.63) is 33.0 Å². The molecule has 0 radical (unpaired) electrons. The van der Waals surface area contributed by atoms with Crippen molar-refractivity contribution in [2.45, 2.75) is 53.6 Å². The van der Waals surface area contributed by atoms with E-state index in [-0.39, 0.29) is 11.4 Å². The SMILES string of the molecule is Cc1csc(CNC(=O)c2c(C)nn(C(C)(C)C)c2C)n1. The average Bonchev–Trinajstić information content (AvgIpc) is 2.90. The van der Waals surface area contributed by atoms with Crippen LogP contribution in [0.15, 0.2) is 5.38 Å². The van der Waals surface area contributed by atoms with Crippen molar-refractivity contribution >= 4 is 17.2 Å². The maximum atomic E-state index is 12.4.